The minimum absolute atomic E-state index is 0.292. The van der Waals surface area contributed by atoms with Crippen LogP contribution in [-0.2, 0) is 10.8 Å². The summed E-state index contributed by atoms with van der Waals surface area (Å²) in [6, 6.07) is 22.2. The van der Waals surface area contributed by atoms with E-state index >= 15 is 0 Å². The van der Waals surface area contributed by atoms with Gasteiger partial charge >= 0.3 is 6.03 Å². The lowest BCUT2D eigenvalue weighted by Crippen LogP contribution is -2.19. The van der Waals surface area contributed by atoms with Gasteiger partial charge in [0.2, 0.25) is 0 Å². The zero-order valence-corrected chi connectivity index (χ0v) is 16.0. The summed E-state index contributed by atoms with van der Waals surface area (Å²) >= 11 is 0. The second-order valence-corrected chi connectivity index (χ2v) is 7.34. The first kappa shape index (κ1) is 19.3. The second kappa shape index (κ2) is 8.96. The first-order valence-electron chi connectivity index (χ1n) is 8.49. The van der Waals surface area contributed by atoms with E-state index in [9.17, 15) is 13.8 Å². The smallest absolute Gasteiger partial charge is 0.322 e. The number of nitrogens with one attached hydrogen (secondary N) is 3. The molecule has 0 saturated carbocycles. The predicted molar refractivity (Wildman–Crippen MR) is 112 cm³/mol. The molecule has 7 heteroatoms. The molecule has 0 aliphatic heterocycles. The van der Waals surface area contributed by atoms with Crippen molar-refractivity contribution < 1.29 is 13.8 Å². The number of amides is 3. The number of benzene rings is 3. The normalized spacial score (nSPS) is 11.3. The lowest BCUT2D eigenvalue weighted by atomic mass is 10.2. The lowest BCUT2D eigenvalue weighted by molar-refractivity contribution is 0.102. The zero-order chi connectivity index (χ0) is 19.9. The van der Waals surface area contributed by atoms with Gasteiger partial charge in [-0.2, -0.15) is 0 Å². The van der Waals surface area contributed by atoms with Crippen LogP contribution >= 0.6 is 0 Å². The van der Waals surface area contributed by atoms with Crippen LogP contribution in [-0.4, -0.2) is 22.4 Å². The van der Waals surface area contributed by atoms with Gasteiger partial charge < -0.3 is 16.0 Å². The average molecular weight is 393 g/mol. The fourth-order valence-electron chi connectivity index (χ4n) is 2.49. The van der Waals surface area contributed by atoms with Gasteiger partial charge in [-0.1, -0.05) is 24.3 Å². The molecule has 1 unspecified atom stereocenters. The molecule has 0 aromatic heterocycles. The molecule has 142 valence electrons. The van der Waals surface area contributed by atoms with E-state index in [1.54, 1.807) is 66.9 Å². The highest BCUT2D eigenvalue weighted by atomic mass is 32.2. The van der Waals surface area contributed by atoms with Gasteiger partial charge in [0, 0.05) is 44.6 Å². The van der Waals surface area contributed by atoms with Crippen LogP contribution in [0.3, 0.4) is 0 Å². The molecule has 3 amide bonds. The van der Waals surface area contributed by atoms with Gasteiger partial charge in [-0.25, -0.2) is 4.79 Å². The van der Waals surface area contributed by atoms with Crippen molar-refractivity contribution in [2.24, 2.45) is 0 Å². The molecule has 0 spiro atoms. The van der Waals surface area contributed by atoms with E-state index in [1.165, 1.54) is 0 Å². The summed E-state index contributed by atoms with van der Waals surface area (Å²) in [4.78, 5) is 25.1. The van der Waals surface area contributed by atoms with Crippen LogP contribution < -0.4 is 16.0 Å². The van der Waals surface area contributed by atoms with Crippen molar-refractivity contribution in [1.29, 1.82) is 0 Å². The van der Waals surface area contributed by atoms with E-state index in [2.05, 4.69) is 16.0 Å². The molecule has 0 heterocycles. The highest BCUT2D eigenvalue weighted by Gasteiger charge is 2.08. The van der Waals surface area contributed by atoms with E-state index in [4.69, 9.17) is 0 Å². The maximum Gasteiger partial charge on any atom is 0.323 e. The fourth-order valence-corrected chi connectivity index (χ4v) is 3.01. The third kappa shape index (κ3) is 5.28. The summed E-state index contributed by atoms with van der Waals surface area (Å²) < 4.78 is 11.4. The number of urea groups is 1. The van der Waals surface area contributed by atoms with Crippen LogP contribution in [0.25, 0.3) is 0 Å². The Labute approximate surface area is 165 Å². The second-order valence-electron chi connectivity index (χ2n) is 5.96. The molecule has 0 fully saturated rings. The highest BCUT2D eigenvalue weighted by molar-refractivity contribution is 7.84. The molecule has 0 radical (unpaired) electrons. The molecule has 0 aliphatic rings. The van der Waals surface area contributed by atoms with Crippen molar-refractivity contribution in [3.8, 4) is 0 Å². The Morgan fingerprint density at radius 3 is 1.93 bits per heavy atom. The van der Waals surface area contributed by atoms with Crippen LogP contribution in [0.4, 0.5) is 21.9 Å². The lowest BCUT2D eigenvalue weighted by Gasteiger charge is -2.10. The Balaban J connectivity index is 1.63. The monoisotopic (exact) mass is 393 g/mol. The van der Waals surface area contributed by atoms with Gasteiger partial charge in [0.05, 0.1) is 0 Å². The molecule has 3 aromatic carbocycles. The van der Waals surface area contributed by atoms with Crippen molar-refractivity contribution in [2.45, 2.75) is 4.90 Å². The molecule has 6 nitrogen and oxygen atoms in total. The first-order chi connectivity index (χ1) is 13.5. The van der Waals surface area contributed by atoms with Crippen LogP contribution in [0.1, 0.15) is 10.4 Å². The molecule has 3 N–H and O–H groups in total. The quantitative estimate of drug-likeness (QED) is 0.603. The third-order valence-corrected chi connectivity index (χ3v) is 4.79. The number of hydrogen-bond donors (Lipinski definition) is 3. The molecular weight excluding hydrogens is 374 g/mol. The number of rotatable bonds is 5. The summed E-state index contributed by atoms with van der Waals surface area (Å²) in [5, 5.41) is 8.24. The van der Waals surface area contributed by atoms with Gasteiger partial charge in [-0.3, -0.25) is 9.00 Å². The van der Waals surface area contributed by atoms with E-state index in [0.29, 0.717) is 27.5 Å². The Hall–Kier alpha value is -3.45. The van der Waals surface area contributed by atoms with Gasteiger partial charge in [0.25, 0.3) is 5.91 Å². The number of anilines is 3. The van der Waals surface area contributed by atoms with Gasteiger partial charge in [-0.15, -0.1) is 0 Å². The highest BCUT2D eigenvalue weighted by Crippen LogP contribution is 2.17. The summed E-state index contributed by atoms with van der Waals surface area (Å²) in [6.07, 6.45) is 1.58. The molecule has 3 aromatic rings. The number of para-hydroxylation sites is 1. The molecule has 1 atom stereocenters. The summed E-state index contributed by atoms with van der Waals surface area (Å²) in [6.45, 7) is 0. The molecule has 28 heavy (non-hydrogen) atoms. The van der Waals surface area contributed by atoms with Crippen molar-refractivity contribution in [2.75, 3.05) is 22.2 Å². The fraction of sp³-hybridized carbons (Fsp3) is 0.0476. The SMILES string of the molecule is CS(=O)c1ccc(C(=O)Nc2cccc(NC(=O)Nc3ccccc3)c2)cc1. The standard InChI is InChI=1S/C21H19N3O3S/c1-28(27)19-12-10-15(11-13-19)20(25)22-17-8-5-9-18(14-17)24-21(26)23-16-6-3-2-4-7-16/h2-14H,1H3,(H,22,25)(H2,23,24,26). The largest absolute Gasteiger partial charge is 0.323 e. The summed E-state index contributed by atoms with van der Waals surface area (Å²) in [5.74, 6) is -0.292. The Morgan fingerprint density at radius 2 is 1.29 bits per heavy atom. The van der Waals surface area contributed by atoms with E-state index in [0.717, 1.165) is 0 Å². The van der Waals surface area contributed by atoms with Gasteiger partial charge in [-0.05, 0) is 54.6 Å². The Kier molecular flexibility index (Phi) is 6.18. The zero-order valence-electron chi connectivity index (χ0n) is 15.1. The third-order valence-electron chi connectivity index (χ3n) is 3.86. The van der Waals surface area contributed by atoms with Crippen molar-refractivity contribution in [1.82, 2.24) is 0 Å². The average Bonchev–Trinajstić information content (AvgIpc) is 2.69. The molecule has 0 aliphatic carbocycles. The molecular formula is C21H19N3O3S. The summed E-state index contributed by atoms with van der Waals surface area (Å²) in [5.41, 5.74) is 2.23. The maximum atomic E-state index is 12.4. The topological polar surface area (TPSA) is 87.3 Å². The number of carbonyl (C=O) groups is 2. The number of carbonyl (C=O) groups excluding carboxylic acids is 2. The van der Waals surface area contributed by atoms with Crippen molar-refractivity contribution in [3.05, 3.63) is 84.4 Å². The van der Waals surface area contributed by atoms with E-state index in [1.807, 2.05) is 18.2 Å². The minimum Gasteiger partial charge on any atom is -0.322 e. The van der Waals surface area contributed by atoms with Gasteiger partial charge in [0.1, 0.15) is 0 Å². The van der Waals surface area contributed by atoms with E-state index in [-0.39, 0.29) is 11.9 Å². The molecule has 0 saturated heterocycles. The maximum absolute atomic E-state index is 12.4. The summed E-state index contributed by atoms with van der Waals surface area (Å²) in [7, 11) is -1.09. The first-order valence-corrected chi connectivity index (χ1v) is 10.0. The van der Waals surface area contributed by atoms with Crippen molar-refractivity contribution >= 4 is 39.8 Å². The van der Waals surface area contributed by atoms with Crippen molar-refractivity contribution in [3.63, 3.8) is 0 Å². The Bertz CT molecular complexity index is 1000. The van der Waals surface area contributed by atoms with Crippen LogP contribution in [0.2, 0.25) is 0 Å². The van der Waals surface area contributed by atoms with Crippen LogP contribution in [0.5, 0.6) is 0 Å². The predicted octanol–water partition coefficient (Wildman–Crippen LogP) is 4.32. The van der Waals surface area contributed by atoms with Gasteiger partial charge in [0.15, 0.2) is 0 Å². The minimum atomic E-state index is -1.09. The van der Waals surface area contributed by atoms with Crippen LogP contribution in [0, 0.1) is 0 Å². The molecule has 3 rings (SSSR count). The van der Waals surface area contributed by atoms with Crippen LogP contribution in [0.15, 0.2) is 83.8 Å². The molecule has 0 bridgehead atoms. The van der Waals surface area contributed by atoms with E-state index < -0.39 is 10.8 Å². The number of hydrogen-bond acceptors (Lipinski definition) is 3. The Morgan fingerprint density at radius 1 is 0.714 bits per heavy atom.